The second kappa shape index (κ2) is 6.70. The van der Waals surface area contributed by atoms with Gasteiger partial charge in [-0.1, -0.05) is 0 Å². The van der Waals surface area contributed by atoms with Gasteiger partial charge in [0.1, 0.15) is 0 Å². The Bertz CT molecular complexity index is 406. The van der Waals surface area contributed by atoms with Gasteiger partial charge in [0.05, 0.1) is 6.61 Å². The molecule has 0 fully saturated rings. The van der Waals surface area contributed by atoms with Crippen LogP contribution in [0.5, 0.6) is 0 Å². The molecule has 2 atom stereocenters. The smallest absolute Gasteiger partial charge is 0.357 e. The molecule has 1 heterocycles. The van der Waals surface area contributed by atoms with Crippen molar-refractivity contribution in [1.29, 1.82) is 0 Å². The Morgan fingerprint density at radius 2 is 2.41 bits per heavy atom. The molecule has 0 aromatic carbocycles. The predicted molar refractivity (Wildman–Crippen MR) is 70.1 cm³/mol. The molecule has 1 rings (SSSR count). The van der Waals surface area contributed by atoms with Gasteiger partial charge in [0, 0.05) is 34.2 Å². The summed E-state index contributed by atoms with van der Waals surface area (Å²) in [6, 6.07) is 0.0574. The van der Waals surface area contributed by atoms with Gasteiger partial charge in [-0.3, -0.25) is 4.21 Å². The van der Waals surface area contributed by atoms with Gasteiger partial charge in [0.15, 0.2) is 10.8 Å². The molecule has 0 aliphatic heterocycles. The number of hydrogen-bond donors (Lipinski definition) is 1. The summed E-state index contributed by atoms with van der Waals surface area (Å²) >= 11 is 1.34. The van der Waals surface area contributed by atoms with Crippen molar-refractivity contribution in [1.82, 2.24) is 4.98 Å². The molecule has 1 aromatic heterocycles. The molecule has 7 heteroatoms. The lowest BCUT2D eigenvalue weighted by molar-refractivity contribution is 0.0520. The van der Waals surface area contributed by atoms with Crippen LogP contribution in [0.3, 0.4) is 0 Å². The second-order valence-electron chi connectivity index (χ2n) is 3.54. The summed E-state index contributed by atoms with van der Waals surface area (Å²) < 4.78 is 15.9. The van der Waals surface area contributed by atoms with Crippen molar-refractivity contribution < 1.29 is 13.7 Å². The van der Waals surface area contributed by atoms with Crippen LogP contribution in [0.2, 0.25) is 0 Å². The van der Waals surface area contributed by atoms with Crippen LogP contribution in [0.25, 0.3) is 0 Å². The minimum absolute atomic E-state index is 0.0574. The minimum atomic E-state index is -0.852. The number of thiazole rings is 1. The van der Waals surface area contributed by atoms with Crippen molar-refractivity contribution in [3.8, 4) is 0 Å². The first-order valence-electron chi connectivity index (χ1n) is 5.22. The van der Waals surface area contributed by atoms with Gasteiger partial charge >= 0.3 is 5.97 Å². The fraction of sp³-hybridized carbons (Fsp3) is 0.600. The topological polar surface area (TPSA) is 68.3 Å². The summed E-state index contributed by atoms with van der Waals surface area (Å²) in [5, 5.41) is 5.39. The zero-order chi connectivity index (χ0) is 12.8. The molecule has 0 bridgehead atoms. The Hall–Kier alpha value is -0.950. The molecule has 17 heavy (non-hydrogen) atoms. The lowest BCUT2D eigenvalue weighted by atomic mass is 10.4. The third-order valence-electron chi connectivity index (χ3n) is 1.84. The maximum Gasteiger partial charge on any atom is 0.357 e. The van der Waals surface area contributed by atoms with E-state index >= 15 is 0 Å². The van der Waals surface area contributed by atoms with Gasteiger partial charge in [0.2, 0.25) is 0 Å². The number of rotatable bonds is 6. The van der Waals surface area contributed by atoms with E-state index in [0.29, 0.717) is 23.2 Å². The van der Waals surface area contributed by atoms with E-state index in [4.69, 9.17) is 4.74 Å². The van der Waals surface area contributed by atoms with Crippen molar-refractivity contribution in [2.75, 3.05) is 23.9 Å². The fourth-order valence-electron chi connectivity index (χ4n) is 1.24. The number of anilines is 1. The fourth-order valence-corrected chi connectivity index (χ4v) is 2.82. The molecule has 1 N–H and O–H groups in total. The average molecular weight is 276 g/mol. The Balaban J connectivity index is 2.56. The quantitative estimate of drug-likeness (QED) is 0.797. The van der Waals surface area contributed by atoms with Crippen molar-refractivity contribution in [2.24, 2.45) is 0 Å². The average Bonchev–Trinajstić information content (AvgIpc) is 2.65. The molecule has 0 aliphatic carbocycles. The summed E-state index contributed by atoms with van der Waals surface area (Å²) in [6.07, 6.45) is 1.66. The first kappa shape index (κ1) is 14.1. The number of nitrogens with zero attached hydrogens (tertiary/aromatic N) is 1. The summed E-state index contributed by atoms with van der Waals surface area (Å²) in [5.74, 6) is 0.137. The molecule has 0 spiro atoms. The molecular weight excluding hydrogens is 260 g/mol. The minimum Gasteiger partial charge on any atom is -0.461 e. The first-order chi connectivity index (χ1) is 8.02. The normalized spacial score (nSPS) is 14.1. The zero-order valence-corrected chi connectivity index (χ0v) is 11.7. The van der Waals surface area contributed by atoms with Crippen LogP contribution in [0.1, 0.15) is 24.3 Å². The molecule has 1 aromatic rings. The van der Waals surface area contributed by atoms with Crippen LogP contribution in [0.15, 0.2) is 5.38 Å². The van der Waals surface area contributed by atoms with E-state index in [1.165, 1.54) is 11.3 Å². The van der Waals surface area contributed by atoms with E-state index in [0.717, 1.165) is 0 Å². The number of carbonyl (C=O) groups excluding carboxylic acids is 1. The highest BCUT2D eigenvalue weighted by atomic mass is 32.2. The molecule has 0 aliphatic rings. The Morgan fingerprint density at radius 3 is 3.00 bits per heavy atom. The summed E-state index contributed by atoms with van der Waals surface area (Å²) in [6.45, 7) is 4.01. The monoisotopic (exact) mass is 276 g/mol. The third-order valence-corrected chi connectivity index (χ3v) is 3.59. The van der Waals surface area contributed by atoms with E-state index in [1.54, 1.807) is 18.6 Å². The highest BCUT2D eigenvalue weighted by Crippen LogP contribution is 2.17. The van der Waals surface area contributed by atoms with Gasteiger partial charge < -0.3 is 10.1 Å². The third kappa shape index (κ3) is 4.82. The van der Waals surface area contributed by atoms with Crippen LogP contribution in [-0.2, 0) is 15.5 Å². The lowest BCUT2D eigenvalue weighted by Crippen LogP contribution is -2.22. The van der Waals surface area contributed by atoms with Crippen molar-refractivity contribution in [2.45, 2.75) is 19.9 Å². The SMILES string of the molecule is CCOC(=O)c1csc(NC(C)CS(C)=O)n1. The van der Waals surface area contributed by atoms with Crippen molar-refractivity contribution in [3.63, 3.8) is 0 Å². The summed E-state index contributed by atoms with van der Waals surface area (Å²) in [4.78, 5) is 15.5. The molecule has 5 nitrogen and oxygen atoms in total. The van der Waals surface area contributed by atoms with Crippen LogP contribution < -0.4 is 5.32 Å². The zero-order valence-electron chi connectivity index (χ0n) is 10.1. The molecule has 0 saturated heterocycles. The van der Waals surface area contributed by atoms with Gasteiger partial charge in [-0.15, -0.1) is 11.3 Å². The van der Waals surface area contributed by atoms with Crippen LogP contribution in [0, 0.1) is 0 Å². The molecule has 0 saturated carbocycles. The van der Waals surface area contributed by atoms with Crippen LogP contribution in [-0.4, -0.2) is 39.8 Å². The Labute approximate surface area is 107 Å². The van der Waals surface area contributed by atoms with E-state index in [9.17, 15) is 9.00 Å². The number of nitrogens with one attached hydrogen (secondary N) is 1. The highest BCUT2D eigenvalue weighted by molar-refractivity contribution is 7.84. The first-order valence-corrected chi connectivity index (χ1v) is 7.82. The molecule has 2 unspecified atom stereocenters. The largest absolute Gasteiger partial charge is 0.461 e. The predicted octanol–water partition coefficient (Wildman–Crippen LogP) is 1.50. The highest BCUT2D eigenvalue weighted by Gasteiger charge is 2.13. The molecular formula is C10H16N2O3S2. The second-order valence-corrected chi connectivity index (χ2v) is 5.88. The van der Waals surface area contributed by atoms with Gasteiger partial charge in [-0.05, 0) is 13.8 Å². The maximum absolute atomic E-state index is 11.4. The number of carbonyl (C=O) groups is 1. The number of aromatic nitrogens is 1. The van der Waals surface area contributed by atoms with Crippen molar-refractivity contribution >= 4 is 33.2 Å². The summed E-state index contributed by atoms with van der Waals surface area (Å²) in [5.41, 5.74) is 0.309. The summed E-state index contributed by atoms with van der Waals surface area (Å²) in [7, 11) is -0.852. The van der Waals surface area contributed by atoms with Crippen LogP contribution >= 0.6 is 11.3 Å². The number of hydrogen-bond acceptors (Lipinski definition) is 6. The number of ether oxygens (including phenoxy) is 1. The maximum atomic E-state index is 11.4. The van der Waals surface area contributed by atoms with E-state index in [2.05, 4.69) is 10.3 Å². The standard InChI is InChI=1S/C10H16N2O3S2/c1-4-15-9(13)8-5-16-10(12-8)11-7(2)6-17(3)14/h5,7H,4,6H2,1-3H3,(H,11,12). The van der Waals surface area contributed by atoms with Gasteiger partial charge in [-0.25, -0.2) is 9.78 Å². The lowest BCUT2D eigenvalue weighted by Gasteiger charge is -2.10. The number of esters is 1. The van der Waals surface area contributed by atoms with Gasteiger partial charge in [0.25, 0.3) is 0 Å². The van der Waals surface area contributed by atoms with E-state index in [-0.39, 0.29) is 6.04 Å². The van der Waals surface area contributed by atoms with Gasteiger partial charge in [-0.2, -0.15) is 0 Å². The molecule has 0 amide bonds. The molecule has 0 radical (unpaired) electrons. The Kier molecular flexibility index (Phi) is 5.57. The van der Waals surface area contributed by atoms with E-state index in [1.807, 2.05) is 6.92 Å². The van der Waals surface area contributed by atoms with Crippen molar-refractivity contribution in [3.05, 3.63) is 11.1 Å². The molecule has 96 valence electrons. The van der Waals surface area contributed by atoms with Crippen LogP contribution in [0.4, 0.5) is 5.13 Å². The Morgan fingerprint density at radius 1 is 1.71 bits per heavy atom. The van der Waals surface area contributed by atoms with E-state index < -0.39 is 16.8 Å².